The minimum atomic E-state index is 1.16. The molecule has 0 N–H and O–H groups in total. The predicted octanol–water partition coefficient (Wildman–Crippen LogP) is 4.07. The number of thioether (sulfide) groups is 2. The number of hydrogen-bond donors (Lipinski definition) is 0. The molecule has 0 bridgehead atoms. The molecule has 0 heterocycles. The van der Waals surface area contributed by atoms with Gasteiger partial charge in [-0.2, -0.15) is 0 Å². The summed E-state index contributed by atoms with van der Waals surface area (Å²) in [7, 11) is 4.69. The Balaban J connectivity index is -0.000000484. The normalized spacial score (nSPS) is 7.58. The van der Waals surface area contributed by atoms with E-state index in [-0.39, 0.29) is 0 Å². The van der Waals surface area contributed by atoms with Crippen LogP contribution in [0.25, 0.3) is 0 Å². The van der Waals surface area contributed by atoms with Crippen molar-refractivity contribution in [1.29, 1.82) is 0 Å². The van der Waals surface area contributed by atoms with Gasteiger partial charge >= 0.3 is 27.7 Å². The van der Waals surface area contributed by atoms with E-state index >= 15 is 0 Å². The molecule has 0 saturated carbocycles. The van der Waals surface area contributed by atoms with Gasteiger partial charge in [0.15, 0.2) is 0 Å². The molecule has 0 aromatic heterocycles. The Hall–Kier alpha value is -0.898. The minimum absolute atomic E-state index is 1.16. The van der Waals surface area contributed by atoms with Gasteiger partial charge in [-0.1, -0.05) is 36.4 Å². The first-order valence-electron chi connectivity index (χ1n) is 6.06. The van der Waals surface area contributed by atoms with Crippen LogP contribution < -0.4 is 0 Å². The molecule has 0 amide bonds. The maximum Gasteiger partial charge on any atom is 0.00745 e. The molecule has 0 aliphatic carbocycles. The maximum absolute atomic E-state index is 7.50. The van der Waals surface area contributed by atoms with E-state index in [1.165, 1.54) is 28.0 Å². The summed E-state index contributed by atoms with van der Waals surface area (Å²) in [4.78, 5) is 25.2. The summed E-state index contributed by atoms with van der Waals surface area (Å²) < 4.78 is 0. The van der Waals surface area contributed by atoms with Crippen LogP contribution in [0, 0.1) is 0 Å². The van der Waals surface area contributed by atoms with Crippen molar-refractivity contribution in [3.05, 3.63) is 60.7 Å². The largest absolute Gasteiger partial charge is 0.125 e. The quantitative estimate of drug-likeness (QED) is 0.414. The molecule has 0 spiro atoms. The van der Waals surface area contributed by atoms with Gasteiger partial charge in [-0.15, -0.1) is 23.5 Å². The van der Waals surface area contributed by atoms with Crippen molar-refractivity contribution in [2.75, 3.05) is 11.5 Å². The molecular weight excluding hydrogens is 538 g/mol. The monoisotopic (exact) mass is 552 g/mol. The van der Waals surface area contributed by atoms with E-state index < -0.39 is 0 Å². The fourth-order valence-electron chi connectivity index (χ4n) is 1.35. The standard InChI is InChI=1S/C14H14S2.3CO.ClH.Re/c1-3-7-13(8-4-1)15-11-12-16-14-9-5-2-6-10-14;3*1-2;;/h1-10H,11-12H2;;;;1H;/q;;;;;+1/p-1. The summed E-state index contributed by atoms with van der Waals surface area (Å²) in [5.41, 5.74) is 0. The van der Waals surface area contributed by atoms with Crippen LogP contribution in [0.5, 0.6) is 0 Å². The molecule has 24 heavy (non-hydrogen) atoms. The number of benzene rings is 2. The Morgan fingerprint density at radius 2 is 0.875 bits per heavy atom. The van der Waals surface area contributed by atoms with E-state index in [9.17, 15) is 0 Å². The van der Waals surface area contributed by atoms with Crippen LogP contribution in [-0.2, 0) is 32.6 Å². The van der Waals surface area contributed by atoms with Crippen molar-refractivity contribution in [3.63, 3.8) is 0 Å². The van der Waals surface area contributed by atoms with Crippen LogP contribution in [0.1, 0.15) is 0 Å². The van der Waals surface area contributed by atoms with Crippen molar-refractivity contribution in [2.24, 2.45) is 0 Å². The topological polar surface area (TPSA) is 51.2 Å². The van der Waals surface area contributed by atoms with Crippen LogP contribution in [0.2, 0.25) is 0 Å². The van der Waals surface area contributed by atoms with Crippen LogP contribution >= 0.6 is 33.1 Å². The van der Waals surface area contributed by atoms with Gasteiger partial charge in [0.2, 0.25) is 0 Å². The van der Waals surface area contributed by atoms with Gasteiger partial charge in [0, 0.05) is 21.3 Å². The average molecular weight is 552 g/mol. The summed E-state index contributed by atoms with van der Waals surface area (Å²) in [6.07, 6.45) is 0. The van der Waals surface area contributed by atoms with Crippen molar-refractivity contribution in [3.8, 4) is 0 Å². The van der Waals surface area contributed by atoms with Gasteiger partial charge in [-0.05, 0) is 24.3 Å². The van der Waals surface area contributed by atoms with Gasteiger partial charge in [-0.25, -0.2) is 0 Å². The first-order valence-corrected chi connectivity index (χ1v) is 11.4. The predicted molar refractivity (Wildman–Crippen MR) is 97.3 cm³/mol. The molecule has 2 aromatic rings. The number of hydrogen-bond acceptors (Lipinski definition) is 5. The first kappa shape index (κ1) is 27.9. The molecule has 0 unspecified atom stereocenters. The van der Waals surface area contributed by atoms with Gasteiger partial charge in [-0.3, -0.25) is 14.4 Å². The number of rotatable bonds is 5. The summed E-state index contributed by atoms with van der Waals surface area (Å²) in [6, 6.07) is 21.1. The van der Waals surface area contributed by atoms with Crippen LogP contribution in [0.15, 0.2) is 70.5 Å². The summed E-state index contributed by atoms with van der Waals surface area (Å²) in [5.74, 6) is 2.31. The third kappa shape index (κ3) is 17.5. The van der Waals surface area contributed by atoms with Crippen molar-refractivity contribution in [1.82, 2.24) is 0 Å². The van der Waals surface area contributed by atoms with Crippen LogP contribution in [0.4, 0.5) is 0 Å². The molecule has 2 aromatic carbocycles. The summed E-state index contributed by atoms with van der Waals surface area (Å²) in [5, 5.41) is 0. The molecule has 6 radical (unpaired) electrons. The average Bonchev–Trinajstić information content (AvgIpc) is 2.73. The van der Waals surface area contributed by atoms with E-state index in [2.05, 4.69) is 81.0 Å². The Morgan fingerprint density at radius 1 is 0.625 bits per heavy atom. The molecule has 2 rings (SSSR count). The van der Waals surface area contributed by atoms with Gasteiger partial charge in [0.05, 0.1) is 0 Å². The first-order chi connectivity index (χ1) is 11.9. The van der Waals surface area contributed by atoms with E-state index in [1.54, 1.807) is 0 Å². The fourth-order valence-corrected chi connectivity index (χ4v) is 3.19. The smallest absolute Gasteiger partial charge is 0.00745 e. The third-order valence-electron chi connectivity index (χ3n) is 2.11. The summed E-state index contributed by atoms with van der Waals surface area (Å²) >= 11 is 5.03. The van der Waals surface area contributed by atoms with Crippen LogP contribution in [0.3, 0.4) is 0 Å². The Morgan fingerprint density at radius 3 is 1.12 bits per heavy atom. The zero-order valence-electron chi connectivity index (χ0n) is 12.5. The van der Waals surface area contributed by atoms with E-state index in [4.69, 9.17) is 23.9 Å². The Labute approximate surface area is 167 Å². The molecule has 0 aliphatic heterocycles. The zero-order chi connectivity index (χ0) is 19.1. The summed E-state index contributed by atoms with van der Waals surface area (Å²) in [6.45, 7) is 13.5. The molecule has 7 heteroatoms. The second kappa shape index (κ2) is 27.0. The van der Waals surface area contributed by atoms with E-state index in [0.29, 0.717) is 0 Å². The molecule has 0 saturated heterocycles. The molecule has 3 nitrogen and oxygen atoms in total. The van der Waals surface area contributed by atoms with Gasteiger partial charge < -0.3 is 0 Å². The van der Waals surface area contributed by atoms with E-state index in [1.807, 2.05) is 23.5 Å². The number of carbonyl (C=O) groups excluding carboxylic acids is 3. The van der Waals surface area contributed by atoms with Gasteiger partial charge in [0.25, 0.3) is 20.4 Å². The minimum Gasteiger partial charge on any atom is -0.125 e. The fraction of sp³-hybridized carbons (Fsp3) is 0.118. The maximum atomic E-state index is 7.50. The molecule has 126 valence electrons. The molecule has 0 atom stereocenters. The number of halogens is 1. The van der Waals surface area contributed by atoms with Gasteiger partial charge in [0.1, 0.15) is 0 Å². The molecule has 0 aliphatic rings. The van der Waals surface area contributed by atoms with Crippen LogP contribution in [-0.4, -0.2) is 31.9 Å². The molecule has 0 fully saturated rings. The SMILES string of the molecule is [C]=O.[C]=O.[C]=O.[Cl][Re].c1ccc(SCCSc2ccccc2)cc1. The third-order valence-corrected chi connectivity index (χ3v) is 4.39. The second-order valence-corrected chi connectivity index (χ2v) is 5.66. The van der Waals surface area contributed by atoms with E-state index in [0.717, 1.165) is 11.5 Å². The Kier molecular flexibility index (Phi) is 31.4. The van der Waals surface area contributed by atoms with Crippen molar-refractivity contribution in [2.45, 2.75) is 9.79 Å². The Bertz CT molecular complexity index is 418. The van der Waals surface area contributed by atoms with Crippen molar-refractivity contribution >= 4 is 53.4 Å². The molecular formula is C17H14ClO3ReS2. The van der Waals surface area contributed by atoms with Crippen molar-refractivity contribution < 1.29 is 32.6 Å². The second-order valence-electron chi connectivity index (χ2n) is 3.32. The zero-order valence-corrected chi connectivity index (χ0v) is 17.6.